The van der Waals surface area contributed by atoms with Crippen molar-refractivity contribution in [2.45, 2.75) is 60.8 Å². The molecular formula is C26H34ClN3O3S. The molecule has 1 saturated heterocycles. The van der Waals surface area contributed by atoms with Gasteiger partial charge in [-0.1, -0.05) is 30.0 Å². The Bertz CT molecular complexity index is 951. The number of carbonyl (C=O) groups excluding carboxylic acids is 1. The van der Waals surface area contributed by atoms with E-state index in [-0.39, 0.29) is 30.1 Å². The quantitative estimate of drug-likeness (QED) is 0.542. The maximum Gasteiger partial charge on any atom is 0.291 e. The number of hydrogen-bond acceptors (Lipinski definition) is 6. The zero-order chi connectivity index (χ0) is 22.2. The van der Waals surface area contributed by atoms with Gasteiger partial charge in [-0.15, -0.1) is 12.4 Å². The molecule has 2 heterocycles. The van der Waals surface area contributed by atoms with Crippen molar-refractivity contribution in [1.29, 1.82) is 0 Å². The summed E-state index contributed by atoms with van der Waals surface area (Å²) in [5.74, 6) is 4.02. The summed E-state index contributed by atoms with van der Waals surface area (Å²) < 4.78 is 11.8. The number of amides is 1. The lowest BCUT2D eigenvalue weighted by Crippen LogP contribution is -2.55. The number of ether oxygens (including phenoxy) is 1. The molecule has 4 saturated carbocycles. The number of rotatable bonds is 7. The van der Waals surface area contributed by atoms with Gasteiger partial charge in [0.15, 0.2) is 0 Å². The monoisotopic (exact) mass is 503 g/mol. The Kier molecular flexibility index (Phi) is 7.42. The van der Waals surface area contributed by atoms with Crippen LogP contribution in [0.3, 0.4) is 0 Å². The first-order valence-corrected chi connectivity index (χ1v) is 13.4. The van der Waals surface area contributed by atoms with Gasteiger partial charge in [0.05, 0.1) is 6.61 Å². The van der Waals surface area contributed by atoms with Crippen molar-refractivity contribution >= 4 is 30.1 Å². The average Bonchev–Trinajstić information content (AvgIpc) is 3.23. The highest BCUT2D eigenvalue weighted by Crippen LogP contribution is 2.53. The number of nitrogens with zero attached hydrogens (tertiary/aromatic N) is 1. The van der Waals surface area contributed by atoms with E-state index in [9.17, 15) is 4.79 Å². The van der Waals surface area contributed by atoms with Crippen molar-refractivity contribution in [1.82, 2.24) is 15.8 Å². The summed E-state index contributed by atoms with van der Waals surface area (Å²) in [6.45, 7) is 2.61. The smallest absolute Gasteiger partial charge is 0.291 e. The van der Waals surface area contributed by atoms with Crippen LogP contribution in [0.25, 0.3) is 0 Å². The molecule has 1 aliphatic heterocycles. The Labute approximate surface area is 211 Å². The number of aromatic nitrogens is 1. The van der Waals surface area contributed by atoms with Crippen molar-refractivity contribution in [2.75, 3.05) is 19.7 Å². The van der Waals surface area contributed by atoms with Gasteiger partial charge in [0, 0.05) is 23.4 Å². The first-order chi connectivity index (χ1) is 16.2. The second kappa shape index (κ2) is 10.5. The lowest BCUT2D eigenvalue weighted by molar-refractivity contribution is -0.0124. The van der Waals surface area contributed by atoms with Crippen LogP contribution in [-0.2, 0) is 0 Å². The SMILES string of the molecule is Cl.O=C(NC1C2CC3CC(C2)CC1C3)c1onc(OCC2CCCNC2)c1Sc1ccccc1. The third-order valence-corrected chi connectivity index (χ3v) is 9.24. The molecular weight excluding hydrogens is 470 g/mol. The molecule has 34 heavy (non-hydrogen) atoms. The summed E-state index contributed by atoms with van der Waals surface area (Å²) in [5, 5.41) is 11.0. The molecule has 1 aromatic carbocycles. The molecule has 4 aliphatic carbocycles. The normalized spacial score (nSPS) is 31.6. The summed E-state index contributed by atoms with van der Waals surface area (Å²) in [4.78, 5) is 15.2. The van der Waals surface area contributed by atoms with Crippen LogP contribution in [0.1, 0.15) is 55.5 Å². The first-order valence-electron chi connectivity index (χ1n) is 12.6. The van der Waals surface area contributed by atoms with E-state index in [0.29, 0.717) is 35.1 Å². The highest BCUT2D eigenvalue weighted by molar-refractivity contribution is 7.99. The van der Waals surface area contributed by atoms with Crippen LogP contribution in [0, 0.1) is 29.6 Å². The molecule has 8 heteroatoms. The van der Waals surface area contributed by atoms with Crippen LogP contribution in [0.5, 0.6) is 5.88 Å². The standard InChI is InChI=1S/C26H33N3O3S.ClH/c30-25(28-22-19-10-17-9-18(12-19)13-20(22)11-17)23-24(33-21-6-2-1-3-7-21)26(29-32-23)31-15-16-5-4-8-27-14-16;/h1-3,6-7,16-20,22,27H,4-5,8-15H2,(H,28,30);1H. The van der Waals surface area contributed by atoms with E-state index in [1.54, 1.807) is 0 Å². The fourth-order valence-corrected chi connectivity index (χ4v) is 7.78. The number of nitrogens with one attached hydrogen (secondary N) is 2. The third kappa shape index (κ3) is 4.98. The fourth-order valence-electron chi connectivity index (χ4n) is 6.84. The van der Waals surface area contributed by atoms with Crippen LogP contribution in [0.15, 0.2) is 44.6 Å². The van der Waals surface area contributed by atoms with Gasteiger partial charge in [-0.2, -0.15) is 0 Å². The Morgan fingerprint density at radius 3 is 2.53 bits per heavy atom. The second-order valence-corrected chi connectivity index (χ2v) is 11.6. The molecule has 1 unspecified atom stereocenters. The van der Waals surface area contributed by atoms with Gasteiger partial charge in [-0.3, -0.25) is 4.79 Å². The zero-order valence-electron chi connectivity index (χ0n) is 19.4. The summed E-state index contributed by atoms with van der Waals surface area (Å²) in [5.41, 5.74) is 0. The number of carbonyl (C=O) groups is 1. The highest BCUT2D eigenvalue weighted by Gasteiger charge is 2.49. The van der Waals surface area contributed by atoms with Gasteiger partial charge in [-0.05, 0) is 92.5 Å². The second-order valence-electron chi connectivity index (χ2n) is 10.5. The van der Waals surface area contributed by atoms with Gasteiger partial charge in [0.25, 0.3) is 11.8 Å². The predicted octanol–water partition coefficient (Wildman–Crippen LogP) is 5.18. The maximum absolute atomic E-state index is 13.4. The molecule has 1 amide bonds. The van der Waals surface area contributed by atoms with Crippen LogP contribution >= 0.6 is 24.2 Å². The third-order valence-electron chi connectivity index (χ3n) is 8.17. The Morgan fingerprint density at radius 2 is 1.85 bits per heavy atom. The van der Waals surface area contributed by atoms with Crippen LogP contribution in [0.4, 0.5) is 0 Å². The Morgan fingerprint density at radius 1 is 1.12 bits per heavy atom. The first kappa shape index (κ1) is 24.0. The summed E-state index contributed by atoms with van der Waals surface area (Å²) in [7, 11) is 0. The minimum atomic E-state index is -0.146. The van der Waals surface area contributed by atoms with E-state index in [0.717, 1.165) is 42.7 Å². The van der Waals surface area contributed by atoms with Crippen molar-refractivity contribution in [3.63, 3.8) is 0 Å². The van der Waals surface area contributed by atoms with Crippen LogP contribution in [0.2, 0.25) is 0 Å². The molecule has 2 aromatic rings. The molecule has 6 nitrogen and oxygen atoms in total. The lowest BCUT2D eigenvalue weighted by atomic mass is 9.54. The minimum absolute atomic E-state index is 0. The number of benzene rings is 1. The minimum Gasteiger partial charge on any atom is -0.474 e. The highest BCUT2D eigenvalue weighted by atomic mass is 35.5. The molecule has 5 aliphatic rings. The molecule has 5 fully saturated rings. The van der Waals surface area contributed by atoms with Crippen molar-refractivity contribution < 1.29 is 14.1 Å². The van der Waals surface area contributed by atoms with E-state index in [1.165, 1.54) is 43.9 Å². The molecule has 2 N–H and O–H groups in total. The van der Waals surface area contributed by atoms with Crippen molar-refractivity contribution in [3.05, 3.63) is 36.1 Å². The molecule has 7 rings (SSSR count). The summed E-state index contributed by atoms with van der Waals surface area (Å²) >= 11 is 1.50. The summed E-state index contributed by atoms with van der Waals surface area (Å²) in [6.07, 6.45) is 8.79. The van der Waals surface area contributed by atoms with E-state index >= 15 is 0 Å². The van der Waals surface area contributed by atoms with E-state index in [1.807, 2.05) is 30.3 Å². The molecule has 1 aromatic heterocycles. The van der Waals surface area contributed by atoms with Gasteiger partial charge >= 0.3 is 0 Å². The van der Waals surface area contributed by atoms with Gasteiger partial charge < -0.3 is 19.9 Å². The predicted molar refractivity (Wildman–Crippen MR) is 134 cm³/mol. The number of piperidine rings is 1. The molecule has 4 bridgehead atoms. The molecule has 0 spiro atoms. The van der Waals surface area contributed by atoms with Crippen molar-refractivity contribution in [3.8, 4) is 5.88 Å². The van der Waals surface area contributed by atoms with Crippen molar-refractivity contribution in [2.24, 2.45) is 29.6 Å². The van der Waals surface area contributed by atoms with E-state index < -0.39 is 0 Å². The lowest BCUT2D eigenvalue weighted by Gasteiger charge is -2.54. The van der Waals surface area contributed by atoms with Gasteiger partial charge in [0.2, 0.25) is 5.76 Å². The van der Waals surface area contributed by atoms with Crippen LogP contribution < -0.4 is 15.4 Å². The molecule has 1 atom stereocenters. The topological polar surface area (TPSA) is 76.4 Å². The largest absolute Gasteiger partial charge is 0.474 e. The summed E-state index contributed by atoms with van der Waals surface area (Å²) in [6, 6.07) is 10.3. The van der Waals surface area contributed by atoms with Gasteiger partial charge in [0.1, 0.15) is 4.90 Å². The maximum atomic E-state index is 13.4. The van der Waals surface area contributed by atoms with E-state index in [4.69, 9.17) is 9.26 Å². The molecule has 0 radical (unpaired) electrons. The number of halogens is 1. The zero-order valence-corrected chi connectivity index (χ0v) is 21.0. The molecule has 184 valence electrons. The van der Waals surface area contributed by atoms with Gasteiger partial charge in [-0.25, -0.2) is 0 Å². The Balaban J connectivity index is 0.00000241. The van der Waals surface area contributed by atoms with E-state index in [2.05, 4.69) is 15.8 Å². The number of hydrogen-bond donors (Lipinski definition) is 2. The van der Waals surface area contributed by atoms with Crippen LogP contribution in [-0.4, -0.2) is 36.8 Å². The average molecular weight is 504 g/mol. The fraction of sp³-hybridized carbons (Fsp3) is 0.615. The Hall–Kier alpha value is -1.70.